The van der Waals surface area contributed by atoms with Gasteiger partial charge in [0.05, 0.1) is 0 Å². The molecule has 0 aliphatic heterocycles. The summed E-state index contributed by atoms with van der Waals surface area (Å²) in [6.07, 6.45) is 3.90. The van der Waals surface area contributed by atoms with Crippen LogP contribution in [0.4, 0.5) is 0 Å². The molecule has 0 spiro atoms. The van der Waals surface area contributed by atoms with Gasteiger partial charge >= 0.3 is 0 Å². The SMILES string of the molecule is CCCC(Cc1ccccc1)C(C)C. The molecule has 1 aromatic carbocycles. The molecule has 1 unspecified atom stereocenters. The first kappa shape index (κ1) is 11.3. The lowest BCUT2D eigenvalue weighted by Gasteiger charge is -2.20. The van der Waals surface area contributed by atoms with Gasteiger partial charge in [0.15, 0.2) is 0 Å². The number of hydrogen-bond acceptors (Lipinski definition) is 0. The molecule has 0 saturated heterocycles. The van der Waals surface area contributed by atoms with Gasteiger partial charge in [0.1, 0.15) is 0 Å². The normalized spacial score (nSPS) is 13.1. The summed E-state index contributed by atoms with van der Waals surface area (Å²) in [7, 11) is 0. The first-order valence-electron chi connectivity index (χ1n) is 5.78. The lowest BCUT2D eigenvalue weighted by Crippen LogP contribution is -2.11. The standard InChI is InChI=1S/C14H22/c1-4-8-14(12(2)3)11-13-9-6-5-7-10-13/h5-7,9-10,12,14H,4,8,11H2,1-3H3. The Balaban J connectivity index is 2.55. The van der Waals surface area contributed by atoms with Crippen LogP contribution in [0.1, 0.15) is 39.2 Å². The Hall–Kier alpha value is -0.780. The molecule has 0 saturated carbocycles. The molecule has 0 N–H and O–H groups in total. The molecule has 1 rings (SSSR count). The van der Waals surface area contributed by atoms with E-state index in [2.05, 4.69) is 51.1 Å². The van der Waals surface area contributed by atoms with E-state index in [9.17, 15) is 0 Å². The third-order valence-corrected chi connectivity index (χ3v) is 2.94. The average Bonchev–Trinajstić information content (AvgIpc) is 2.18. The van der Waals surface area contributed by atoms with Gasteiger partial charge in [-0.2, -0.15) is 0 Å². The molecular formula is C14H22. The summed E-state index contributed by atoms with van der Waals surface area (Å²) in [5.74, 6) is 1.65. The zero-order chi connectivity index (χ0) is 10.4. The summed E-state index contributed by atoms with van der Waals surface area (Å²) in [5, 5.41) is 0. The van der Waals surface area contributed by atoms with E-state index in [-0.39, 0.29) is 0 Å². The summed E-state index contributed by atoms with van der Waals surface area (Å²) in [6.45, 7) is 6.95. The van der Waals surface area contributed by atoms with Crippen LogP contribution in [0, 0.1) is 11.8 Å². The van der Waals surface area contributed by atoms with Gasteiger partial charge in [-0.05, 0) is 23.8 Å². The minimum Gasteiger partial charge on any atom is -0.0654 e. The maximum absolute atomic E-state index is 2.34. The van der Waals surface area contributed by atoms with Crippen LogP contribution in [0.5, 0.6) is 0 Å². The Bertz CT molecular complexity index is 235. The molecule has 0 aromatic heterocycles. The Morgan fingerprint density at radius 1 is 1.07 bits per heavy atom. The maximum Gasteiger partial charge on any atom is -0.0248 e. The Morgan fingerprint density at radius 2 is 1.71 bits per heavy atom. The van der Waals surface area contributed by atoms with Crippen molar-refractivity contribution in [3.63, 3.8) is 0 Å². The van der Waals surface area contributed by atoms with Crippen molar-refractivity contribution in [2.24, 2.45) is 11.8 Å². The van der Waals surface area contributed by atoms with Crippen molar-refractivity contribution in [3.8, 4) is 0 Å². The van der Waals surface area contributed by atoms with Gasteiger partial charge in [-0.15, -0.1) is 0 Å². The highest BCUT2D eigenvalue weighted by Crippen LogP contribution is 2.21. The van der Waals surface area contributed by atoms with E-state index < -0.39 is 0 Å². The largest absolute Gasteiger partial charge is 0.0654 e. The van der Waals surface area contributed by atoms with Crippen LogP contribution in [-0.4, -0.2) is 0 Å². The highest BCUT2D eigenvalue weighted by molar-refractivity contribution is 5.15. The van der Waals surface area contributed by atoms with Crippen LogP contribution in [0.3, 0.4) is 0 Å². The minimum atomic E-state index is 0.801. The minimum absolute atomic E-state index is 0.801. The quantitative estimate of drug-likeness (QED) is 0.649. The van der Waals surface area contributed by atoms with Gasteiger partial charge in [-0.3, -0.25) is 0 Å². The van der Waals surface area contributed by atoms with E-state index in [1.165, 1.54) is 24.8 Å². The van der Waals surface area contributed by atoms with Gasteiger partial charge in [-0.1, -0.05) is 63.9 Å². The number of hydrogen-bond donors (Lipinski definition) is 0. The lowest BCUT2D eigenvalue weighted by atomic mass is 9.86. The van der Waals surface area contributed by atoms with Crippen molar-refractivity contribution >= 4 is 0 Å². The first-order valence-corrected chi connectivity index (χ1v) is 5.78. The van der Waals surface area contributed by atoms with Crippen LogP contribution in [0.15, 0.2) is 30.3 Å². The molecule has 0 heterocycles. The zero-order valence-corrected chi connectivity index (χ0v) is 9.66. The molecule has 14 heavy (non-hydrogen) atoms. The molecule has 1 atom stereocenters. The van der Waals surface area contributed by atoms with Crippen molar-refractivity contribution in [3.05, 3.63) is 35.9 Å². The van der Waals surface area contributed by atoms with E-state index in [0.717, 1.165) is 11.8 Å². The fourth-order valence-electron chi connectivity index (χ4n) is 1.96. The van der Waals surface area contributed by atoms with E-state index >= 15 is 0 Å². The Kier molecular flexibility index (Phi) is 4.72. The topological polar surface area (TPSA) is 0 Å². The van der Waals surface area contributed by atoms with Crippen LogP contribution in [0.2, 0.25) is 0 Å². The van der Waals surface area contributed by atoms with Crippen LogP contribution in [0.25, 0.3) is 0 Å². The summed E-state index contributed by atoms with van der Waals surface area (Å²) in [6, 6.07) is 10.8. The molecular weight excluding hydrogens is 168 g/mol. The second kappa shape index (κ2) is 5.85. The van der Waals surface area contributed by atoms with Crippen LogP contribution < -0.4 is 0 Å². The fraction of sp³-hybridized carbons (Fsp3) is 0.571. The average molecular weight is 190 g/mol. The first-order chi connectivity index (χ1) is 6.74. The van der Waals surface area contributed by atoms with E-state index in [1.54, 1.807) is 0 Å². The molecule has 0 nitrogen and oxygen atoms in total. The molecule has 1 aromatic rings. The second-order valence-corrected chi connectivity index (χ2v) is 4.48. The molecule has 0 fully saturated rings. The smallest absolute Gasteiger partial charge is 0.0248 e. The van der Waals surface area contributed by atoms with Crippen LogP contribution >= 0.6 is 0 Å². The summed E-state index contributed by atoms with van der Waals surface area (Å²) in [4.78, 5) is 0. The fourth-order valence-corrected chi connectivity index (χ4v) is 1.96. The second-order valence-electron chi connectivity index (χ2n) is 4.48. The number of rotatable bonds is 5. The number of benzene rings is 1. The molecule has 0 amide bonds. The summed E-state index contributed by atoms with van der Waals surface area (Å²) >= 11 is 0. The molecule has 0 aliphatic rings. The van der Waals surface area contributed by atoms with Gasteiger partial charge < -0.3 is 0 Å². The predicted octanol–water partition coefficient (Wildman–Crippen LogP) is 4.30. The highest BCUT2D eigenvalue weighted by Gasteiger charge is 2.12. The Labute approximate surface area is 88.4 Å². The zero-order valence-electron chi connectivity index (χ0n) is 9.66. The van der Waals surface area contributed by atoms with E-state index in [1.807, 2.05) is 0 Å². The molecule has 0 radical (unpaired) electrons. The van der Waals surface area contributed by atoms with Crippen molar-refractivity contribution in [2.75, 3.05) is 0 Å². The van der Waals surface area contributed by atoms with Crippen molar-refractivity contribution in [1.29, 1.82) is 0 Å². The highest BCUT2D eigenvalue weighted by atomic mass is 14.2. The Morgan fingerprint density at radius 3 is 2.21 bits per heavy atom. The summed E-state index contributed by atoms with van der Waals surface area (Å²) < 4.78 is 0. The maximum atomic E-state index is 2.34. The predicted molar refractivity (Wildman–Crippen MR) is 63.4 cm³/mol. The molecule has 0 heteroatoms. The summed E-state index contributed by atoms with van der Waals surface area (Å²) in [5.41, 5.74) is 1.49. The molecule has 78 valence electrons. The van der Waals surface area contributed by atoms with E-state index in [0.29, 0.717) is 0 Å². The third kappa shape index (κ3) is 3.53. The van der Waals surface area contributed by atoms with Crippen molar-refractivity contribution in [1.82, 2.24) is 0 Å². The van der Waals surface area contributed by atoms with Crippen molar-refractivity contribution in [2.45, 2.75) is 40.0 Å². The van der Waals surface area contributed by atoms with E-state index in [4.69, 9.17) is 0 Å². The lowest BCUT2D eigenvalue weighted by molar-refractivity contribution is 0.354. The molecule has 0 bridgehead atoms. The van der Waals surface area contributed by atoms with Gasteiger partial charge in [0.2, 0.25) is 0 Å². The van der Waals surface area contributed by atoms with Crippen LogP contribution in [-0.2, 0) is 6.42 Å². The monoisotopic (exact) mass is 190 g/mol. The van der Waals surface area contributed by atoms with Gasteiger partial charge in [0, 0.05) is 0 Å². The van der Waals surface area contributed by atoms with Crippen molar-refractivity contribution < 1.29 is 0 Å². The third-order valence-electron chi connectivity index (χ3n) is 2.94. The van der Waals surface area contributed by atoms with Gasteiger partial charge in [0.25, 0.3) is 0 Å². The van der Waals surface area contributed by atoms with Gasteiger partial charge in [-0.25, -0.2) is 0 Å². The molecule has 0 aliphatic carbocycles.